The Morgan fingerprint density at radius 1 is 1.26 bits per heavy atom. The van der Waals surface area contributed by atoms with Crippen LogP contribution in [0.2, 0.25) is 0 Å². The predicted octanol–water partition coefficient (Wildman–Crippen LogP) is 3.78. The number of hydrogen-bond acceptors (Lipinski definition) is 3. The molecular formula is C15H22F3N3O2. The van der Waals surface area contributed by atoms with Crippen LogP contribution in [0.15, 0.2) is 0 Å². The summed E-state index contributed by atoms with van der Waals surface area (Å²) in [6.07, 6.45) is -4.89. The third-order valence-electron chi connectivity index (χ3n) is 3.50. The second-order valence-corrected chi connectivity index (χ2v) is 6.96. The monoisotopic (exact) mass is 333 g/mol. The molecule has 1 aliphatic rings. The molecule has 0 N–H and O–H groups in total. The molecule has 8 heteroatoms. The van der Waals surface area contributed by atoms with Crippen LogP contribution in [0.3, 0.4) is 0 Å². The van der Waals surface area contributed by atoms with Crippen molar-refractivity contribution in [2.75, 3.05) is 6.54 Å². The van der Waals surface area contributed by atoms with Gasteiger partial charge in [0, 0.05) is 18.2 Å². The number of rotatable bonds is 1. The van der Waals surface area contributed by atoms with Crippen LogP contribution in [0.5, 0.6) is 0 Å². The van der Waals surface area contributed by atoms with Crippen LogP contribution in [-0.2, 0) is 23.9 Å². The van der Waals surface area contributed by atoms with Crippen LogP contribution >= 0.6 is 0 Å². The summed E-state index contributed by atoms with van der Waals surface area (Å²) in [4.78, 5) is 13.6. The molecule has 0 saturated carbocycles. The Labute approximate surface area is 133 Å². The number of nitrogens with zero attached hydrogens (tertiary/aromatic N) is 3. The molecular weight excluding hydrogens is 311 g/mol. The molecule has 0 spiro atoms. The highest BCUT2D eigenvalue weighted by molar-refractivity contribution is 5.68. The Morgan fingerprint density at radius 2 is 1.87 bits per heavy atom. The average Bonchev–Trinajstić information content (AvgIpc) is 2.74. The number of carbonyl (C=O) groups excluding carboxylic acids is 1. The maximum Gasteiger partial charge on any atom is 0.435 e. The molecule has 0 fully saturated rings. The van der Waals surface area contributed by atoms with Crippen molar-refractivity contribution in [2.24, 2.45) is 0 Å². The number of ether oxygens (including phenoxy) is 1. The Kier molecular flexibility index (Phi) is 4.38. The first-order valence-corrected chi connectivity index (χ1v) is 7.55. The maximum atomic E-state index is 13.1. The topological polar surface area (TPSA) is 47.4 Å². The number of aromatic nitrogens is 2. The van der Waals surface area contributed by atoms with Gasteiger partial charge in [-0.15, -0.1) is 0 Å². The van der Waals surface area contributed by atoms with E-state index in [2.05, 4.69) is 5.10 Å². The van der Waals surface area contributed by atoms with Gasteiger partial charge >= 0.3 is 12.3 Å². The van der Waals surface area contributed by atoms with Crippen LogP contribution in [-0.4, -0.2) is 32.9 Å². The fourth-order valence-electron chi connectivity index (χ4n) is 2.58. The lowest BCUT2D eigenvalue weighted by molar-refractivity contribution is -0.142. The van der Waals surface area contributed by atoms with E-state index in [1.807, 2.05) is 0 Å². The third-order valence-corrected chi connectivity index (χ3v) is 3.50. The highest BCUT2D eigenvalue weighted by atomic mass is 19.4. The summed E-state index contributed by atoms with van der Waals surface area (Å²) >= 11 is 0. The maximum absolute atomic E-state index is 13.1. The van der Waals surface area contributed by atoms with Gasteiger partial charge in [0.1, 0.15) is 5.60 Å². The quantitative estimate of drug-likeness (QED) is 0.786. The summed E-state index contributed by atoms with van der Waals surface area (Å²) in [5.41, 5.74) is -0.868. The molecule has 1 aromatic heterocycles. The molecule has 1 aromatic rings. The van der Waals surface area contributed by atoms with Gasteiger partial charge in [-0.3, -0.25) is 4.68 Å². The van der Waals surface area contributed by atoms with Crippen molar-refractivity contribution in [3.05, 3.63) is 17.0 Å². The Hall–Kier alpha value is -1.73. The van der Waals surface area contributed by atoms with Crippen LogP contribution in [0.1, 0.15) is 57.6 Å². The zero-order valence-corrected chi connectivity index (χ0v) is 14.0. The van der Waals surface area contributed by atoms with Gasteiger partial charge in [0.25, 0.3) is 0 Å². The number of alkyl halides is 3. The highest BCUT2D eigenvalue weighted by Crippen LogP contribution is 2.36. The molecule has 0 unspecified atom stereocenters. The molecule has 1 amide bonds. The minimum absolute atomic E-state index is 0.0749. The number of halogens is 3. The molecule has 0 aliphatic carbocycles. The molecule has 0 atom stereocenters. The van der Waals surface area contributed by atoms with E-state index in [0.717, 1.165) is 0 Å². The molecule has 0 aromatic carbocycles. The van der Waals surface area contributed by atoms with Crippen LogP contribution in [0.25, 0.3) is 0 Å². The third kappa shape index (κ3) is 3.79. The number of carbonyl (C=O) groups is 1. The summed E-state index contributed by atoms with van der Waals surface area (Å²) in [5.74, 6) is 0. The van der Waals surface area contributed by atoms with Crippen molar-refractivity contribution in [2.45, 2.75) is 65.4 Å². The predicted molar refractivity (Wildman–Crippen MR) is 78.0 cm³/mol. The Morgan fingerprint density at radius 3 is 2.35 bits per heavy atom. The molecule has 5 nitrogen and oxygen atoms in total. The Balaban J connectivity index is 2.33. The first-order valence-electron chi connectivity index (χ1n) is 7.55. The van der Waals surface area contributed by atoms with Crippen molar-refractivity contribution >= 4 is 6.09 Å². The zero-order valence-electron chi connectivity index (χ0n) is 14.0. The van der Waals surface area contributed by atoms with Crippen molar-refractivity contribution in [3.63, 3.8) is 0 Å². The first-order chi connectivity index (χ1) is 10.4. The number of fused-ring (bicyclic) bond motifs is 1. The molecule has 0 saturated heterocycles. The molecule has 130 valence electrons. The summed E-state index contributed by atoms with van der Waals surface area (Å²) in [6.45, 7) is 9.04. The lowest BCUT2D eigenvalue weighted by atomic mass is 10.0. The fourth-order valence-corrected chi connectivity index (χ4v) is 2.58. The van der Waals surface area contributed by atoms with Crippen molar-refractivity contribution in [3.8, 4) is 0 Å². The van der Waals surface area contributed by atoms with Crippen molar-refractivity contribution in [1.29, 1.82) is 0 Å². The summed E-state index contributed by atoms with van der Waals surface area (Å²) in [6, 6.07) is -0.224. The minimum Gasteiger partial charge on any atom is -0.444 e. The van der Waals surface area contributed by atoms with Gasteiger partial charge in [0.15, 0.2) is 5.69 Å². The van der Waals surface area contributed by atoms with E-state index in [1.54, 1.807) is 34.6 Å². The van der Waals surface area contributed by atoms with E-state index < -0.39 is 23.6 Å². The largest absolute Gasteiger partial charge is 0.444 e. The van der Waals surface area contributed by atoms with Crippen LogP contribution < -0.4 is 0 Å². The van der Waals surface area contributed by atoms with E-state index in [9.17, 15) is 18.0 Å². The van der Waals surface area contributed by atoms with Gasteiger partial charge in [0.2, 0.25) is 0 Å². The summed E-state index contributed by atoms with van der Waals surface area (Å²) in [7, 11) is 0. The molecule has 1 aliphatic heterocycles. The van der Waals surface area contributed by atoms with Gasteiger partial charge < -0.3 is 9.64 Å². The summed E-state index contributed by atoms with van der Waals surface area (Å²) < 4.78 is 46.1. The Bertz CT molecular complexity index is 600. The molecule has 0 bridgehead atoms. The van der Waals surface area contributed by atoms with Gasteiger partial charge in [-0.1, -0.05) is 0 Å². The van der Waals surface area contributed by atoms with E-state index in [4.69, 9.17) is 4.74 Å². The van der Waals surface area contributed by atoms with Gasteiger partial charge in [-0.25, -0.2) is 4.79 Å². The number of amides is 1. The van der Waals surface area contributed by atoms with Crippen molar-refractivity contribution in [1.82, 2.24) is 14.7 Å². The van der Waals surface area contributed by atoms with Gasteiger partial charge in [0.05, 0.1) is 12.2 Å². The van der Waals surface area contributed by atoms with E-state index in [1.165, 1.54) is 9.58 Å². The second-order valence-electron chi connectivity index (χ2n) is 6.96. The van der Waals surface area contributed by atoms with Crippen LogP contribution in [0.4, 0.5) is 18.0 Å². The van der Waals surface area contributed by atoms with E-state index >= 15 is 0 Å². The molecule has 2 rings (SSSR count). The van der Waals surface area contributed by atoms with Gasteiger partial charge in [-0.05, 0) is 41.0 Å². The second kappa shape index (κ2) is 5.72. The first kappa shape index (κ1) is 17.6. The van der Waals surface area contributed by atoms with E-state index in [0.29, 0.717) is 5.69 Å². The van der Waals surface area contributed by atoms with Crippen molar-refractivity contribution < 1.29 is 22.7 Å². The lowest BCUT2D eigenvalue weighted by Gasteiger charge is -2.31. The zero-order chi connectivity index (χ0) is 17.6. The fraction of sp³-hybridized carbons (Fsp3) is 0.733. The van der Waals surface area contributed by atoms with Crippen LogP contribution in [0, 0.1) is 0 Å². The average molecular weight is 333 g/mol. The van der Waals surface area contributed by atoms with E-state index in [-0.39, 0.29) is 31.1 Å². The smallest absolute Gasteiger partial charge is 0.435 e. The molecule has 0 radical (unpaired) electrons. The van der Waals surface area contributed by atoms with Gasteiger partial charge in [-0.2, -0.15) is 18.3 Å². The lowest BCUT2D eigenvalue weighted by Crippen LogP contribution is -2.40. The SMILES string of the molecule is CC(C)n1nc(C(F)(F)F)c2c1CN(C(=O)OC(C)(C)C)CC2. The highest BCUT2D eigenvalue weighted by Gasteiger charge is 2.41. The summed E-state index contributed by atoms with van der Waals surface area (Å²) in [5, 5.41) is 3.74. The molecule has 2 heterocycles. The minimum atomic E-state index is -4.49. The normalized spacial score (nSPS) is 15.8. The number of hydrogen-bond donors (Lipinski definition) is 0. The molecule has 23 heavy (non-hydrogen) atoms. The standard InChI is InChI=1S/C15H22F3N3O2/c1-9(2)21-11-8-20(13(22)23-14(3,4)5)7-6-10(11)12(19-21)15(16,17)18/h9H,6-8H2,1-5H3.